The number of nitrogen functional groups attached to an aromatic ring is 1. The second kappa shape index (κ2) is 6.91. The predicted octanol–water partition coefficient (Wildman–Crippen LogP) is 1.70. The standard InChI is InChI=1S/C13H20N2O2/c1-10(17-2)3-8-13(16)15-9-11-4-6-12(14)7-5-11/h4-7,10H,3,8-9,14H2,1-2H3,(H,15,16). The molecule has 0 bridgehead atoms. The van der Waals surface area contributed by atoms with E-state index in [2.05, 4.69) is 5.32 Å². The minimum atomic E-state index is 0.0470. The highest BCUT2D eigenvalue weighted by atomic mass is 16.5. The molecule has 0 heterocycles. The molecule has 17 heavy (non-hydrogen) atoms. The lowest BCUT2D eigenvalue weighted by molar-refractivity contribution is -0.121. The third kappa shape index (κ3) is 5.36. The largest absolute Gasteiger partial charge is 0.399 e. The van der Waals surface area contributed by atoms with Gasteiger partial charge in [-0.05, 0) is 31.0 Å². The van der Waals surface area contributed by atoms with Crippen LogP contribution in [0, 0.1) is 0 Å². The van der Waals surface area contributed by atoms with E-state index < -0.39 is 0 Å². The third-order valence-electron chi connectivity index (χ3n) is 2.65. The molecule has 1 aromatic rings. The van der Waals surface area contributed by atoms with E-state index in [-0.39, 0.29) is 12.0 Å². The van der Waals surface area contributed by atoms with Crippen LogP contribution in [-0.2, 0) is 16.1 Å². The zero-order valence-electron chi connectivity index (χ0n) is 10.4. The number of anilines is 1. The van der Waals surface area contributed by atoms with Crippen molar-refractivity contribution in [2.75, 3.05) is 12.8 Å². The van der Waals surface area contributed by atoms with Crippen LogP contribution in [-0.4, -0.2) is 19.1 Å². The molecule has 0 saturated carbocycles. The highest BCUT2D eigenvalue weighted by molar-refractivity contribution is 5.75. The van der Waals surface area contributed by atoms with Crippen LogP contribution in [0.3, 0.4) is 0 Å². The van der Waals surface area contributed by atoms with Gasteiger partial charge < -0.3 is 15.8 Å². The summed E-state index contributed by atoms with van der Waals surface area (Å²) in [6, 6.07) is 7.48. The Balaban J connectivity index is 2.26. The van der Waals surface area contributed by atoms with Crippen LogP contribution < -0.4 is 11.1 Å². The highest BCUT2D eigenvalue weighted by Gasteiger charge is 2.05. The van der Waals surface area contributed by atoms with Gasteiger partial charge in [-0.25, -0.2) is 0 Å². The molecule has 0 aliphatic rings. The number of hydrogen-bond donors (Lipinski definition) is 2. The number of rotatable bonds is 6. The van der Waals surface area contributed by atoms with Gasteiger partial charge >= 0.3 is 0 Å². The van der Waals surface area contributed by atoms with Crippen molar-refractivity contribution in [1.29, 1.82) is 0 Å². The van der Waals surface area contributed by atoms with E-state index in [1.54, 1.807) is 7.11 Å². The van der Waals surface area contributed by atoms with Crippen LogP contribution in [0.2, 0.25) is 0 Å². The van der Waals surface area contributed by atoms with Crippen LogP contribution >= 0.6 is 0 Å². The molecule has 1 amide bonds. The molecule has 1 unspecified atom stereocenters. The van der Waals surface area contributed by atoms with E-state index in [4.69, 9.17) is 10.5 Å². The molecule has 94 valence electrons. The van der Waals surface area contributed by atoms with Crippen LogP contribution in [0.25, 0.3) is 0 Å². The lowest BCUT2D eigenvalue weighted by atomic mass is 10.2. The van der Waals surface area contributed by atoms with Crippen molar-refractivity contribution in [3.05, 3.63) is 29.8 Å². The minimum Gasteiger partial charge on any atom is -0.399 e. The summed E-state index contributed by atoms with van der Waals surface area (Å²) < 4.78 is 5.08. The van der Waals surface area contributed by atoms with Crippen molar-refractivity contribution in [1.82, 2.24) is 5.32 Å². The molecule has 4 nitrogen and oxygen atoms in total. The molecule has 0 aliphatic carbocycles. The smallest absolute Gasteiger partial charge is 0.220 e. The monoisotopic (exact) mass is 236 g/mol. The van der Waals surface area contributed by atoms with Crippen LogP contribution in [0.1, 0.15) is 25.3 Å². The van der Waals surface area contributed by atoms with E-state index in [0.717, 1.165) is 17.7 Å². The first-order chi connectivity index (χ1) is 8.11. The van der Waals surface area contributed by atoms with Crippen LogP contribution in [0.15, 0.2) is 24.3 Å². The van der Waals surface area contributed by atoms with Crippen LogP contribution in [0.5, 0.6) is 0 Å². The van der Waals surface area contributed by atoms with Crippen molar-refractivity contribution in [3.63, 3.8) is 0 Å². The molecule has 0 aromatic heterocycles. The first kappa shape index (κ1) is 13.5. The van der Waals surface area contributed by atoms with Gasteiger partial charge in [0.15, 0.2) is 0 Å². The van der Waals surface area contributed by atoms with Crippen molar-refractivity contribution in [2.45, 2.75) is 32.4 Å². The maximum absolute atomic E-state index is 11.5. The maximum atomic E-state index is 11.5. The van der Waals surface area contributed by atoms with Gasteiger partial charge in [-0.15, -0.1) is 0 Å². The number of nitrogens with one attached hydrogen (secondary N) is 1. The quantitative estimate of drug-likeness (QED) is 0.739. The zero-order valence-corrected chi connectivity index (χ0v) is 10.4. The fraction of sp³-hybridized carbons (Fsp3) is 0.462. The number of carbonyl (C=O) groups is 1. The lowest BCUT2D eigenvalue weighted by Crippen LogP contribution is -2.23. The van der Waals surface area contributed by atoms with Gasteiger partial charge in [0.1, 0.15) is 0 Å². The molecule has 1 aromatic carbocycles. The Kier molecular flexibility index (Phi) is 5.49. The number of benzene rings is 1. The molecule has 0 spiro atoms. The summed E-state index contributed by atoms with van der Waals surface area (Å²) in [6.07, 6.45) is 1.35. The number of carbonyl (C=O) groups excluding carboxylic acids is 1. The van der Waals surface area contributed by atoms with Gasteiger partial charge in [-0.2, -0.15) is 0 Å². The molecule has 4 heteroatoms. The molecule has 1 atom stereocenters. The SMILES string of the molecule is COC(C)CCC(=O)NCc1ccc(N)cc1. The normalized spacial score (nSPS) is 12.1. The first-order valence-electron chi connectivity index (χ1n) is 5.75. The Bertz CT molecular complexity index is 349. The second-order valence-corrected chi connectivity index (χ2v) is 4.10. The van der Waals surface area contributed by atoms with Gasteiger partial charge in [0.25, 0.3) is 0 Å². The number of hydrogen-bond acceptors (Lipinski definition) is 3. The van der Waals surface area contributed by atoms with Crippen molar-refractivity contribution in [3.8, 4) is 0 Å². The summed E-state index contributed by atoms with van der Waals surface area (Å²) in [7, 11) is 1.65. The molecule has 1 rings (SSSR count). The van der Waals surface area contributed by atoms with E-state index in [1.807, 2.05) is 31.2 Å². The van der Waals surface area contributed by atoms with Gasteiger partial charge in [-0.3, -0.25) is 4.79 Å². The van der Waals surface area contributed by atoms with Crippen molar-refractivity contribution in [2.24, 2.45) is 0 Å². The number of amides is 1. The van der Waals surface area contributed by atoms with E-state index >= 15 is 0 Å². The summed E-state index contributed by atoms with van der Waals surface area (Å²) in [5, 5.41) is 2.86. The summed E-state index contributed by atoms with van der Waals surface area (Å²) in [5.41, 5.74) is 7.36. The predicted molar refractivity (Wildman–Crippen MR) is 68.4 cm³/mol. The van der Waals surface area contributed by atoms with E-state index in [1.165, 1.54) is 0 Å². The first-order valence-corrected chi connectivity index (χ1v) is 5.75. The van der Waals surface area contributed by atoms with Crippen LogP contribution in [0.4, 0.5) is 5.69 Å². The molecule has 3 N–H and O–H groups in total. The third-order valence-corrected chi connectivity index (χ3v) is 2.65. The van der Waals surface area contributed by atoms with Crippen molar-refractivity contribution >= 4 is 11.6 Å². The lowest BCUT2D eigenvalue weighted by Gasteiger charge is -2.09. The Morgan fingerprint density at radius 3 is 2.65 bits per heavy atom. The topological polar surface area (TPSA) is 64.3 Å². The Morgan fingerprint density at radius 2 is 2.06 bits per heavy atom. The van der Waals surface area contributed by atoms with Crippen molar-refractivity contribution < 1.29 is 9.53 Å². The molecular weight excluding hydrogens is 216 g/mol. The molecule has 0 aliphatic heterocycles. The fourth-order valence-electron chi connectivity index (χ4n) is 1.38. The highest BCUT2D eigenvalue weighted by Crippen LogP contribution is 2.05. The fourth-order valence-corrected chi connectivity index (χ4v) is 1.38. The molecule has 0 saturated heterocycles. The van der Waals surface area contributed by atoms with Gasteiger partial charge in [0.05, 0.1) is 6.10 Å². The summed E-state index contributed by atoms with van der Waals surface area (Å²) >= 11 is 0. The van der Waals surface area contributed by atoms with Gasteiger partial charge in [-0.1, -0.05) is 12.1 Å². The Morgan fingerprint density at radius 1 is 1.41 bits per heavy atom. The summed E-state index contributed by atoms with van der Waals surface area (Å²) in [6.45, 7) is 2.49. The second-order valence-electron chi connectivity index (χ2n) is 4.10. The number of methoxy groups -OCH3 is 1. The Hall–Kier alpha value is -1.55. The maximum Gasteiger partial charge on any atom is 0.220 e. The number of nitrogens with two attached hydrogens (primary N) is 1. The van der Waals surface area contributed by atoms with E-state index in [9.17, 15) is 4.79 Å². The minimum absolute atomic E-state index is 0.0470. The zero-order chi connectivity index (χ0) is 12.7. The van der Waals surface area contributed by atoms with Gasteiger partial charge in [0.2, 0.25) is 5.91 Å². The summed E-state index contributed by atoms with van der Waals surface area (Å²) in [4.78, 5) is 11.5. The average Bonchev–Trinajstić information content (AvgIpc) is 2.35. The Labute approximate surface area is 102 Å². The average molecular weight is 236 g/mol. The molecule has 0 fully saturated rings. The molecule has 0 radical (unpaired) electrons. The van der Waals surface area contributed by atoms with Gasteiger partial charge in [0, 0.05) is 25.8 Å². The summed E-state index contributed by atoms with van der Waals surface area (Å²) in [5.74, 6) is 0.0470. The van der Waals surface area contributed by atoms with E-state index in [0.29, 0.717) is 13.0 Å². The molecular formula is C13H20N2O2. The number of ether oxygens (including phenoxy) is 1.